The van der Waals surface area contributed by atoms with Gasteiger partial charge in [0.05, 0.1) is 18.6 Å². The number of anilines is 1. The number of hydrogen-bond acceptors (Lipinski definition) is 5. The van der Waals surface area contributed by atoms with Crippen LogP contribution in [0.1, 0.15) is 28.5 Å². The van der Waals surface area contributed by atoms with Crippen molar-refractivity contribution in [1.29, 1.82) is 0 Å². The first-order valence-electron chi connectivity index (χ1n) is 7.21. The fourth-order valence-electron chi connectivity index (χ4n) is 1.96. The largest absolute Gasteiger partial charge is 0.461 e. The number of benzene rings is 1. The first-order valence-corrected chi connectivity index (χ1v) is 8.20. The molecule has 2 rings (SSSR count). The summed E-state index contributed by atoms with van der Waals surface area (Å²) < 4.78 is 4.87. The maximum atomic E-state index is 12.0. The third-order valence-electron chi connectivity index (χ3n) is 3.04. The van der Waals surface area contributed by atoms with E-state index in [1.54, 1.807) is 6.92 Å². The predicted molar refractivity (Wildman–Crippen MR) is 89.8 cm³/mol. The van der Waals surface area contributed by atoms with Crippen molar-refractivity contribution in [1.82, 2.24) is 9.97 Å². The molecular weight excluding hydrogens is 314 g/mol. The van der Waals surface area contributed by atoms with Gasteiger partial charge >= 0.3 is 5.97 Å². The quantitative estimate of drug-likeness (QED) is 0.627. The van der Waals surface area contributed by atoms with Crippen molar-refractivity contribution < 1.29 is 14.3 Å². The number of ether oxygens (including phenoxy) is 1. The van der Waals surface area contributed by atoms with Crippen LogP contribution < -0.4 is 5.32 Å². The van der Waals surface area contributed by atoms with Crippen LogP contribution in [0.2, 0.25) is 0 Å². The number of carbonyl (C=O) groups is 2. The zero-order chi connectivity index (χ0) is 16.8. The van der Waals surface area contributed by atoms with Crippen LogP contribution in [0.15, 0.2) is 29.6 Å². The average molecular weight is 333 g/mol. The summed E-state index contributed by atoms with van der Waals surface area (Å²) in [5.74, 6) is -0.383. The Hall–Kier alpha value is -2.28. The zero-order valence-electron chi connectivity index (χ0n) is 13.3. The SMILES string of the molecule is CCOC(=O)c1cnc(SCC(=O)Nc2ccc(C)cc2C)[nH]1. The van der Waals surface area contributed by atoms with Gasteiger partial charge in [-0.1, -0.05) is 29.5 Å². The van der Waals surface area contributed by atoms with E-state index in [0.29, 0.717) is 11.8 Å². The minimum atomic E-state index is -0.452. The number of H-pyrrole nitrogens is 1. The van der Waals surface area contributed by atoms with Crippen LogP contribution in [0.5, 0.6) is 0 Å². The molecule has 0 bridgehead atoms. The second-order valence-electron chi connectivity index (χ2n) is 4.98. The van der Waals surface area contributed by atoms with E-state index in [-0.39, 0.29) is 17.4 Å². The van der Waals surface area contributed by atoms with Gasteiger partial charge < -0.3 is 15.0 Å². The molecule has 0 radical (unpaired) electrons. The highest BCUT2D eigenvalue weighted by Crippen LogP contribution is 2.18. The molecule has 2 aromatic rings. The van der Waals surface area contributed by atoms with Gasteiger partial charge in [0, 0.05) is 5.69 Å². The van der Waals surface area contributed by atoms with Crippen LogP contribution in [0.25, 0.3) is 0 Å². The number of imidazole rings is 1. The number of aromatic amines is 1. The minimum Gasteiger partial charge on any atom is -0.461 e. The molecule has 6 nitrogen and oxygen atoms in total. The highest BCUT2D eigenvalue weighted by atomic mass is 32.2. The summed E-state index contributed by atoms with van der Waals surface area (Å²) in [6, 6.07) is 5.85. The van der Waals surface area contributed by atoms with Crippen molar-refractivity contribution >= 4 is 29.3 Å². The number of amides is 1. The Morgan fingerprint density at radius 3 is 2.83 bits per heavy atom. The summed E-state index contributed by atoms with van der Waals surface area (Å²) in [7, 11) is 0. The van der Waals surface area contributed by atoms with Crippen LogP contribution in [0.3, 0.4) is 0 Å². The summed E-state index contributed by atoms with van der Waals surface area (Å²) in [6.45, 7) is 6.00. The Bertz CT molecular complexity index is 712. The molecule has 0 saturated heterocycles. The van der Waals surface area contributed by atoms with Gasteiger partial charge in [0.25, 0.3) is 0 Å². The summed E-state index contributed by atoms with van der Waals surface area (Å²) in [6.07, 6.45) is 1.41. The number of esters is 1. The summed E-state index contributed by atoms with van der Waals surface area (Å²) >= 11 is 1.23. The van der Waals surface area contributed by atoms with Gasteiger partial charge in [-0.2, -0.15) is 0 Å². The molecule has 0 saturated carbocycles. The van der Waals surface area contributed by atoms with Gasteiger partial charge in [0.2, 0.25) is 5.91 Å². The summed E-state index contributed by atoms with van der Waals surface area (Å²) in [5.41, 5.74) is 3.25. The van der Waals surface area contributed by atoms with Gasteiger partial charge in [-0.3, -0.25) is 4.79 Å². The first kappa shape index (κ1) is 17.1. The highest BCUT2D eigenvalue weighted by molar-refractivity contribution is 7.99. The average Bonchev–Trinajstić information content (AvgIpc) is 2.97. The Morgan fingerprint density at radius 2 is 2.13 bits per heavy atom. The molecule has 2 N–H and O–H groups in total. The molecule has 1 heterocycles. The van der Waals surface area contributed by atoms with Crippen LogP contribution in [0, 0.1) is 13.8 Å². The van der Waals surface area contributed by atoms with Gasteiger partial charge in [0.15, 0.2) is 5.16 Å². The van der Waals surface area contributed by atoms with Crippen LogP contribution in [-0.4, -0.2) is 34.2 Å². The molecule has 1 aromatic carbocycles. The Labute approximate surface area is 139 Å². The van der Waals surface area contributed by atoms with Crippen molar-refractivity contribution in [2.45, 2.75) is 25.9 Å². The van der Waals surface area contributed by atoms with E-state index in [0.717, 1.165) is 16.8 Å². The summed E-state index contributed by atoms with van der Waals surface area (Å²) in [4.78, 5) is 30.4. The second-order valence-corrected chi connectivity index (χ2v) is 5.94. The molecular formula is C16H19N3O3S. The Balaban J connectivity index is 1.88. The molecule has 7 heteroatoms. The lowest BCUT2D eigenvalue weighted by Crippen LogP contribution is -2.15. The molecule has 0 aliphatic heterocycles. The molecule has 0 unspecified atom stereocenters. The number of nitrogens with one attached hydrogen (secondary N) is 2. The van der Waals surface area contributed by atoms with Crippen LogP contribution in [0.4, 0.5) is 5.69 Å². The molecule has 23 heavy (non-hydrogen) atoms. The van der Waals surface area contributed by atoms with E-state index in [9.17, 15) is 9.59 Å². The molecule has 0 atom stereocenters. The lowest BCUT2D eigenvalue weighted by molar-refractivity contribution is -0.113. The van der Waals surface area contributed by atoms with Crippen LogP contribution in [-0.2, 0) is 9.53 Å². The van der Waals surface area contributed by atoms with Crippen molar-refractivity contribution in [3.05, 3.63) is 41.2 Å². The zero-order valence-corrected chi connectivity index (χ0v) is 14.1. The second kappa shape index (κ2) is 7.82. The maximum absolute atomic E-state index is 12.0. The maximum Gasteiger partial charge on any atom is 0.356 e. The van der Waals surface area contributed by atoms with Crippen molar-refractivity contribution in [3.8, 4) is 0 Å². The molecule has 1 aromatic heterocycles. The molecule has 0 spiro atoms. The number of carbonyl (C=O) groups excluding carboxylic acids is 2. The third kappa shape index (κ3) is 4.85. The molecule has 1 amide bonds. The van der Waals surface area contributed by atoms with E-state index >= 15 is 0 Å². The topological polar surface area (TPSA) is 84.1 Å². The van der Waals surface area contributed by atoms with Crippen molar-refractivity contribution in [3.63, 3.8) is 0 Å². The number of nitrogens with zero attached hydrogens (tertiary/aromatic N) is 1. The van der Waals surface area contributed by atoms with Gasteiger partial charge in [0.1, 0.15) is 5.69 Å². The van der Waals surface area contributed by atoms with E-state index in [1.807, 2.05) is 32.0 Å². The number of aromatic nitrogens is 2. The Kier molecular flexibility index (Phi) is 5.81. The van der Waals surface area contributed by atoms with E-state index in [2.05, 4.69) is 15.3 Å². The van der Waals surface area contributed by atoms with E-state index in [1.165, 1.54) is 18.0 Å². The smallest absolute Gasteiger partial charge is 0.356 e. The van der Waals surface area contributed by atoms with E-state index < -0.39 is 5.97 Å². The van der Waals surface area contributed by atoms with Crippen molar-refractivity contribution in [2.24, 2.45) is 0 Å². The Morgan fingerprint density at radius 1 is 1.35 bits per heavy atom. The number of aryl methyl sites for hydroxylation is 2. The van der Waals surface area contributed by atoms with Crippen molar-refractivity contribution in [2.75, 3.05) is 17.7 Å². The molecule has 0 fully saturated rings. The number of hydrogen-bond donors (Lipinski definition) is 2. The number of rotatable bonds is 6. The lowest BCUT2D eigenvalue weighted by atomic mass is 10.1. The monoisotopic (exact) mass is 333 g/mol. The molecule has 0 aliphatic rings. The fraction of sp³-hybridized carbons (Fsp3) is 0.312. The first-order chi connectivity index (χ1) is 11.0. The van der Waals surface area contributed by atoms with Gasteiger partial charge in [-0.05, 0) is 32.4 Å². The third-order valence-corrected chi connectivity index (χ3v) is 3.93. The van der Waals surface area contributed by atoms with Crippen LogP contribution >= 0.6 is 11.8 Å². The molecule has 122 valence electrons. The summed E-state index contributed by atoms with van der Waals surface area (Å²) in [5, 5.41) is 3.37. The van der Waals surface area contributed by atoms with Gasteiger partial charge in [-0.15, -0.1) is 0 Å². The molecule has 0 aliphatic carbocycles. The van der Waals surface area contributed by atoms with E-state index in [4.69, 9.17) is 4.74 Å². The normalized spacial score (nSPS) is 10.4. The number of thioether (sulfide) groups is 1. The lowest BCUT2D eigenvalue weighted by Gasteiger charge is -2.08. The fourth-order valence-corrected chi connectivity index (χ4v) is 2.61. The standard InChI is InChI=1S/C16H19N3O3S/c1-4-22-15(21)13-8-17-16(19-13)23-9-14(20)18-12-6-5-10(2)7-11(12)3/h5-8H,4,9H2,1-3H3,(H,17,19)(H,18,20). The predicted octanol–water partition coefficient (Wildman–Crippen LogP) is 2.93. The van der Waals surface area contributed by atoms with Gasteiger partial charge in [-0.25, -0.2) is 9.78 Å². The highest BCUT2D eigenvalue weighted by Gasteiger charge is 2.12. The minimum absolute atomic E-state index is 0.129.